The molecule has 1 aromatic rings. The third-order valence-electron chi connectivity index (χ3n) is 2.48. The number of aryl methyl sites for hydroxylation is 1. The van der Waals surface area contributed by atoms with Gasteiger partial charge in [-0.3, -0.25) is 9.36 Å². The normalized spacial score (nSPS) is 15.0. The van der Waals surface area contributed by atoms with Crippen LogP contribution in [0, 0.1) is 6.92 Å². The molecule has 0 N–H and O–H groups in total. The van der Waals surface area contributed by atoms with Crippen molar-refractivity contribution in [3.05, 3.63) is 27.4 Å². The molecule has 1 aliphatic rings. The average Bonchev–Trinajstić information content (AvgIpc) is 2.38. The Hall–Kier alpha value is -1.45. The molecule has 13 heavy (non-hydrogen) atoms. The van der Waals surface area contributed by atoms with Crippen molar-refractivity contribution in [2.24, 2.45) is 0 Å². The molecule has 0 spiro atoms. The van der Waals surface area contributed by atoms with Crippen molar-refractivity contribution in [1.82, 2.24) is 14.8 Å². The van der Waals surface area contributed by atoms with Crippen molar-refractivity contribution in [3.8, 4) is 0 Å². The van der Waals surface area contributed by atoms with Gasteiger partial charge in [-0.2, -0.15) is 0 Å². The van der Waals surface area contributed by atoms with Gasteiger partial charge in [-0.15, -0.1) is 10.2 Å². The minimum absolute atomic E-state index is 0.0267. The highest BCUT2D eigenvalue weighted by Crippen LogP contribution is 2.22. The van der Waals surface area contributed by atoms with Gasteiger partial charge in [-0.05, 0) is 31.9 Å². The summed E-state index contributed by atoms with van der Waals surface area (Å²) in [6, 6.07) is 0. The minimum Gasteiger partial charge on any atom is -0.286 e. The molecular weight excluding hydrogens is 166 g/mol. The van der Waals surface area contributed by atoms with E-state index in [1.807, 2.05) is 13.8 Å². The molecule has 2 heterocycles. The summed E-state index contributed by atoms with van der Waals surface area (Å²) < 4.78 is 1.67. The van der Waals surface area contributed by atoms with Crippen LogP contribution in [-0.4, -0.2) is 14.8 Å². The molecule has 68 valence electrons. The molecule has 0 aliphatic carbocycles. The second-order valence-electron chi connectivity index (χ2n) is 3.41. The molecule has 4 heteroatoms. The Kier molecular flexibility index (Phi) is 1.58. The van der Waals surface area contributed by atoms with Gasteiger partial charge in [0.15, 0.2) is 5.82 Å². The smallest absolute Gasteiger partial charge is 0.275 e. The van der Waals surface area contributed by atoms with E-state index in [1.165, 1.54) is 5.57 Å². The molecule has 0 fully saturated rings. The van der Waals surface area contributed by atoms with E-state index < -0.39 is 0 Å². The maximum absolute atomic E-state index is 11.6. The SMILES string of the molecule is CC1=C(C)c2nnc(C)c(=O)n2C1. The number of allylic oxidation sites excluding steroid dienone is 2. The van der Waals surface area contributed by atoms with Crippen LogP contribution in [0.25, 0.3) is 5.57 Å². The average molecular weight is 177 g/mol. The molecule has 4 nitrogen and oxygen atoms in total. The van der Waals surface area contributed by atoms with Gasteiger partial charge >= 0.3 is 0 Å². The predicted octanol–water partition coefficient (Wildman–Crippen LogP) is 0.754. The highest BCUT2D eigenvalue weighted by molar-refractivity contribution is 5.63. The predicted molar refractivity (Wildman–Crippen MR) is 49.3 cm³/mol. The summed E-state index contributed by atoms with van der Waals surface area (Å²) in [4.78, 5) is 11.6. The molecule has 0 amide bonds. The van der Waals surface area contributed by atoms with E-state index >= 15 is 0 Å². The van der Waals surface area contributed by atoms with E-state index in [-0.39, 0.29) is 5.56 Å². The topological polar surface area (TPSA) is 47.8 Å². The molecule has 0 aromatic carbocycles. The van der Waals surface area contributed by atoms with Crippen molar-refractivity contribution in [2.45, 2.75) is 27.3 Å². The van der Waals surface area contributed by atoms with Gasteiger partial charge in [0, 0.05) is 6.54 Å². The second-order valence-corrected chi connectivity index (χ2v) is 3.41. The van der Waals surface area contributed by atoms with Crippen LogP contribution in [0.15, 0.2) is 10.4 Å². The first kappa shape index (κ1) is 8.16. The Balaban J connectivity index is 2.73. The van der Waals surface area contributed by atoms with Crippen LogP contribution in [0.1, 0.15) is 25.4 Å². The Morgan fingerprint density at radius 2 is 1.92 bits per heavy atom. The number of fused-ring (bicyclic) bond motifs is 1. The molecule has 0 atom stereocenters. The summed E-state index contributed by atoms with van der Waals surface area (Å²) in [5.74, 6) is 0.716. The lowest BCUT2D eigenvalue weighted by molar-refractivity contribution is 0.698. The first-order chi connectivity index (χ1) is 6.11. The summed E-state index contributed by atoms with van der Waals surface area (Å²) in [6.07, 6.45) is 0. The summed E-state index contributed by atoms with van der Waals surface area (Å²) in [7, 11) is 0. The van der Waals surface area contributed by atoms with Gasteiger partial charge < -0.3 is 0 Å². The Labute approximate surface area is 75.9 Å². The zero-order chi connectivity index (χ0) is 9.59. The third-order valence-corrected chi connectivity index (χ3v) is 2.48. The van der Waals surface area contributed by atoms with E-state index in [2.05, 4.69) is 10.2 Å². The number of rotatable bonds is 0. The Morgan fingerprint density at radius 1 is 1.23 bits per heavy atom. The standard InChI is InChI=1S/C9H11N3O/c1-5-4-12-8(6(5)2)11-10-7(3)9(12)13/h4H2,1-3H3. The number of aromatic nitrogens is 3. The first-order valence-corrected chi connectivity index (χ1v) is 4.22. The molecule has 1 aromatic heterocycles. The lowest BCUT2D eigenvalue weighted by atomic mass is 10.2. The van der Waals surface area contributed by atoms with Crippen molar-refractivity contribution in [2.75, 3.05) is 0 Å². The highest BCUT2D eigenvalue weighted by atomic mass is 16.1. The number of nitrogens with zero attached hydrogens (tertiary/aromatic N) is 3. The maximum Gasteiger partial charge on any atom is 0.275 e. The number of hydrogen-bond donors (Lipinski definition) is 0. The van der Waals surface area contributed by atoms with E-state index in [9.17, 15) is 4.79 Å². The molecular formula is C9H11N3O. The monoisotopic (exact) mass is 177 g/mol. The molecule has 0 bridgehead atoms. The third kappa shape index (κ3) is 1.02. The zero-order valence-corrected chi connectivity index (χ0v) is 7.96. The van der Waals surface area contributed by atoms with Crippen LogP contribution in [0.2, 0.25) is 0 Å². The molecule has 2 rings (SSSR count). The van der Waals surface area contributed by atoms with Gasteiger partial charge in [0.05, 0.1) is 0 Å². The molecule has 0 radical (unpaired) electrons. The van der Waals surface area contributed by atoms with E-state index in [1.54, 1.807) is 11.5 Å². The summed E-state index contributed by atoms with van der Waals surface area (Å²) >= 11 is 0. The quantitative estimate of drug-likeness (QED) is 0.587. The van der Waals surface area contributed by atoms with Crippen molar-refractivity contribution < 1.29 is 0 Å². The van der Waals surface area contributed by atoms with Crippen molar-refractivity contribution >= 4 is 5.57 Å². The van der Waals surface area contributed by atoms with Crippen molar-refractivity contribution in [1.29, 1.82) is 0 Å². The van der Waals surface area contributed by atoms with Gasteiger partial charge in [-0.1, -0.05) is 0 Å². The van der Waals surface area contributed by atoms with Gasteiger partial charge in [0.1, 0.15) is 5.69 Å². The lowest BCUT2D eigenvalue weighted by Crippen LogP contribution is -2.25. The fourth-order valence-electron chi connectivity index (χ4n) is 1.48. The van der Waals surface area contributed by atoms with E-state index in [0.29, 0.717) is 18.1 Å². The molecule has 0 unspecified atom stereocenters. The van der Waals surface area contributed by atoms with E-state index in [4.69, 9.17) is 0 Å². The summed E-state index contributed by atoms with van der Waals surface area (Å²) in [6.45, 7) is 6.33. The molecule has 1 aliphatic heterocycles. The van der Waals surface area contributed by atoms with Gasteiger partial charge in [0.25, 0.3) is 5.56 Å². The van der Waals surface area contributed by atoms with Gasteiger partial charge in [0.2, 0.25) is 0 Å². The van der Waals surface area contributed by atoms with Crippen molar-refractivity contribution in [3.63, 3.8) is 0 Å². The second kappa shape index (κ2) is 2.52. The lowest BCUT2D eigenvalue weighted by Gasteiger charge is -2.01. The Morgan fingerprint density at radius 3 is 2.62 bits per heavy atom. The molecule has 0 saturated carbocycles. The largest absolute Gasteiger partial charge is 0.286 e. The maximum atomic E-state index is 11.6. The van der Waals surface area contributed by atoms with Crippen LogP contribution in [0.5, 0.6) is 0 Å². The van der Waals surface area contributed by atoms with Crippen LogP contribution in [0.4, 0.5) is 0 Å². The molecule has 0 saturated heterocycles. The van der Waals surface area contributed by atoms with Crippen LogP contribution in [-0.2, 0) is 6.54 Å². The number of hydrogen-bond acceptors (Lipinski definition) is 3. The summed E-state index contributed by atoms with van der Waals surface area (Å²) in [5.41, 5.74) is 2.70. The van der Waals surface area contributed by atoms with Gasteiger partial charge in [-0.25, -0.2) is 0 Å². The fourth-order valence-corrected chi connectivity index (χ4v) is 1.48. The fraction of sp³-hybridized carbons (Fsp3) is 0.444. The minimum atomic E-state index is -0.0267. The van der Waals surface area contributed by atoms with E-state index in [0.717, 1.165) is 5.57 Å². The van der Waals surface area contributed by atoms with Crippen LogP contribution < -0.4 is 5.56 Å². The Bertz CT molecular complexity index is 456. The highest BCUT2D eigenvalue weighted by Gasteiger charge is 2.18. The van der Waals surface area contributed by atoms with Crippen LogP contribution >= 0.6 is 0 Å². The summed E-state index contributed by atoms with van der Waals surface area (Å²) in [5, 5.41) is 7.82. The first-order valence-electron chi connectivity index (χ1n) is 4.22. The van der Waals surface area contributed by atoms with Crippen LogP contribution in [0.3, 0.4) is 0 Å². The zero-order valence-electron chi connectivity index (χ0n) is 7.96.